The van der Waals surface area contributed by atoms with Gasteiger partial charge in [0, 0.05) is 52.2 Å². The van der Waals surface area contributed by atoms with Crippen LogP contribution in [0.1, 0.15) is 107 Å². The lowest BCUT2D eigenvalue weighted by Gasteiger charge is -2.51. The average molecular weight is 888 g/mol. The van der Waals surface area contributed by atoms with E-state index in [1.165, 1.54) is 0 Å². The third-order valence-electron chi connectivity index (χ3n) is 15.3. The van der Waals surface area contributed by atoms with E-state index < -0.39 is 66.4 Å². The third kappa shape index (κ3) is 10.1. The van der Waals surface area contributed by atoms with E-state index in [1.54, 1.807) is 33.3 Å². The van der Waals surface area contributed by atoms with Gasteiger partial charge in [0.2, 0.25) is 0 Å². The number of carbonyl (C=O) groups is 1. The number of aliphatic hydroxyl groups is 2. The van der Waals surface area contributed by atoms with Gasteiger partial charge in [-0.2, -0.15) is 0 Å². The zero-order valence-corrected chi connectivity index (χ0v) is 39.5. The molecule has 1 spiro atoms. The molecule has 0 aromatic heterocycles. The number of allylic oxidation sites excluding steroid dienone is 2. The van der Waals surface area contributed by atoms with E-state index in [1.807, 2.05) is 33.0 Å². The Balaban J connectivity index is 1.17. The van der Waals surface area contributed by atoms with Crippen LogP contribution >= 0.6 is 0 Å². The maximum atomic E-state index is 14.4. The maximum absolute atomic E-state index is 14.4. The Morgan fingerprint density at radius 1 is 0.952 bits per heavy atom. The number of hydrogen-bond acceptors (Lipinski definition) is 14. The number of methoxy groups -OCH3 is 2. The van der Waals surface area contributed by atoms with Crippen LogP contribution in [0, 0.1) is 23.7 Å². The number of esters is 1. The fourth-order valence-corrected chi connectivity index (χ4v) is 11.4. The number of aliphatic hydroxyl groups excluding tert-OH is 1. The van der Waals surface area contributed by atoms with Crippen LogP contribution in [-0.4, -0.2) is 141 Å². The molecule has 0 saturated carbocycles. The largest absolute Gasteiger partial charge is 0.462 e. The van der Waals surface area contributed by atoms with Gasteiger partial charge in [0.15, 0.2) is 18.4 Å². The molecule has 7 aliphatic rings. The van der Waals surface area contributed by atoms with Gasteiger partial charge in [-0.3, -0.25) is 4.79 Å². The van der Waals surface area contributed by atoms with Gasteiger partial charge < -0.3 is 62.9 Å². The third-order valence-corrected chi connectivity index (χ3v) is 15.3. The van der Waals surface area contributed by atoms with Crippen molar-refractivity contribution in [3.63, 3.8) is 0 Å². The second-order valence-electron chi connectivity index (χ2n) is 19.7. The summed E-state index contributed by atoms with van der Waals surface area (Å²) in [4.78, 5) is 14.4. The van der Waals surface area contributed by atoms with Crippen molar-refractivity contribution < 1.29 is 62.4 Å². The number of ether oxygens (including phenoxy) is 10. The van der Waals surface area contributed by atoms with Gasteiger partial charge in [-0.05, 0) is 76.1 Å². The van der Waals surface area contributed by atoms with Crippen molar-refractivity contribution in [3.05, 3.63) is 47.1 Å². The van der Waals surface area contributed by atoms with Crippen LogP contribution in [0.3, 0.4) is 0 Å². The minimum atomic E-state index is -1.81. The van der Waals surface area contributed by atoms with Gasteiger partial charge in [-0.1, -0.05) is 64.5 Å². The van der Waals surface area contributed by atoms with Crippen LogP contribution in [0.4, 0.5) is 0 Å². The summed E-state index contributed by atoms with van der Waals surface area (Å²) in [6.07, 6.45) is 8.72. The van der Waals surface area contributed by atoms with Crippen LogP contribution < -0.4 is 5.32 Å². The summed E-state index contributed by atoms with van der Waals surface area (Å²) < 4.78 is 64.8. The lowest BCUT2D eigenvalue weighted by atomic mass is 9.71. The molecule has 0 aromatic rings. The fourth-order valence-electron chi connectivity index (χ4n) is 11.4. The van der Waals surface area contributed by atoms with Crippen molar-refractivity contribution in [3.8, 4) is 0 Å². The molecular formula is C49H77NO13. The molecule has 6 aliphatic heterocycles. The molecule has 7 rings (SSSR count). The number of likely N-dealkylation sites (N-methyl/N-ethyl adjacent to an activating group) is 1. The smallest absolute Gasteiger partial charge is 0.316 e. The molecule has 6 heterocycles. The monoisotopic (exact) mass is 888 g/mol. The van der Waals surface area contributed by atoms with E-state index in [0.29, 0.717) is 61.5 Å². The van der Waals surface area contributed by atoms with Crippen LogP contribution in [0.25, 0.3) is 0 Å². The van der Waals surface area contributed by atoms with Crippen LogP contribution in [0.5, 0.6) is 0 Å². The van der Waals surface area contributed by atoms with Crippen molar-refractivity contribution in [1.29, 1.82) is 0 Å². The van der Waals surface area contributed by atoms with Crippen LogP contribution in [0.15, 0.2) is 47.1 Å². The molecular weight excluding hydrogens is 811 g/mol. The zero-order valence-electron chi connectivity index (χ0n) is 39.5. The van der Waals surface area contributed by atoms with Gasteiger partial charge in [0.05, 0.1) is 55.4 Å². The minimum Gasteiger partial charge on any atom is -0.462 e. The van der Waals surface area contributed by atoms with E-state index >= 15 is 0 Å². The van der Waals surface area contributed by atoms with Gasteiger partial charge in [-0.15, -0.1) is 0 Å². The lowest BCUT2D eigenvalue weighted by molar-refractivity contribution is -0.340. The molecule has 20 atom stereocenters. The molecule has 0 amide bonds. The Morgan fingerprint density at radius 3 is 2.38 bits per heavy atom. The number of nitrogens with one attached hydrogen (secondary N) is 1. The van der Waals surface area contributed by atoms with Crippen molar-refractivity contribution in [2.75, 3.05) is 27.9 Å². The quantitative estimate of drug-likeness (QED) is 0.187. The molecule has 5 fully saturated rings. The molecule has 0 aromatic carbocycles. The zero-order chi connectivity index (χ0) is 45.4. The number of hydrogen-bond donors (Lipinski definition) is 3. The van der Waals surface area contributed by atoms with E-state index in [4.69, 9.17) is 47.4 Å². The highest BCUT2D eigenvalue weighted by molar-refractivity contribution is 5.78. The highest BCUT2D eigenvalue weighted by atomic mass is 16.7. The van der Waals surface area contributed by atoms with Gasteiger partial charge in [0.25, 0.3) is 0 Å². The molecule has 1 aliphatic carbocycles. The first-order valence-corrected chi connectivity index (χ1v) is 23.7. The highest BCUT2D eigenvalue weighted by Gasteiger charge is 2.60. The molecule has 356 valence electrons. The molecule has 2 bridgehead atoms. The average Bonchev–Trinajstić information content (AvgIpc) is 3.60. The minimum absolute atomic E-state index is 0.000161. The standard InChI is InChI=1S/C49H77NO13/c1-12-26(2)44-29(5)18-19-48(63-44)24-35-21-34(62-48)17-16-28(4)43(27(3)14-13-15-33-25-56-46-42(51)30(6)20-36(47(52)59-35)49(33,46)53)60-40-23-38(55-11)45(32(8)58-40)61-39-22-37(54-10)41(50-9)31(7)57-39/h13-16,20,26-27,29,31-32,34-46,50-51,53H,12,17-19,21-25H2,1-11H3/b14-13+,28-16+,33-15+/t26-,27-,29-,31-,32-,34+,35-,36-,37-,38-,39-,40-,41+,42+,43-,44+,45-,46+,48+,49+/m1/s1. The molecule has 3 N–H and O–H groups in total. The number of fused-ring (bicyclic) bond motifs is 2. The Kier molecular flexibility index (Phi) is 15.9. The van der Waals surface area contributed by atoms with Crippen molar-refractivity contribution in [2.45, 2.75) is 204 Å². The molecule has 63 heavy (non-hydrogen) atoms. The molecule has 14 heteroatoms. The van der Waals surface area contributed by atoms with Gasteiger partial charge in [0.1, 0.15) is 35.9 Å². The SMILES string of the molecule is CC[C@@H](C)[C@@H]1O[C@@]2(CC[C@H]1C)C[C@H]1C[C@H](C/C=C(\C)[C@H](O[C@@H]3C[C@@H](OC)[C@H](O[C@@H]4C[C@@H](OC)[C@@H](NC)[C@@H](C)O4)[C@@H](C)O3)[C@H](C)/C=C/C=C3\CO[C@H]4[C@@H](O)C(C)=C[C@H](C(=O)O1)[C@@]34O)O2. The van der Waals surface area contributed by atoms with Gasteiger partial charge >= 0.3 is 5.97 Å². The molecule has 0 unspecified atom stereocenters. The summed E-state index contributed by atoms with van der Waals surface area (Å²) >= 11 is 0. The van der Waals surface area contributed by atoms with Crippen LogP contribution in [-0.2, 0) is 52.2 Å². The van der Waals surface area contributed by atoms with E-state index in [0.717, 1.165) is 18.4 Å². The maximum Gasteiger partial charge on any atom is 0.316 e. The molecule has 14 nitrogen and oxygen atoms in total. The second-order valence-corrected chi connectivity index (χ2v) is 19.7. The summed E-state index contributed by atoms with van der Waals surface area (Å²) in [5.74, 6) is -2.04. The lowest BCUT2D eigenvalue weighted by Crippen LogP contribution is -2.58. The van der Waals surface area contributed by atoms with Gasteiger partial charge in [-0.25, -0.2) is 0 Å². The Labute approximate surface area is 375 Å². The fraction of sp³-hybridized carbons (Fsp3) is 0.816. The summed E-state index contributed by atoms with van der Waals surface area (Å²) in [5.41, 5.74) is 0.234. The van der Waals surface area contributed by atoms with Crippen molar-refractivity contribution in [2.24, 2.45) is 23.7 Å². The van der Waals surface area contributed by atoms with E-state index in [-0.39, 0.29) is 55.2 Å². The Morgan fingerprint density at radius 2 is 1.67 bits per heavy atom. The summed E-state index contributed by atoms with van der Waals surface area (Å²) in [6, 6.07) is 0.0472. The number of carbonyl (C=O) groups excluding carboxylic acids is 1. The summed E-state index contributed by atoms with van der Waals surface area (Å²) in [6.45, 7) is 16.6. The predicted octanol–water partition coefficient (Wildman–Crippen LogP) is 5.83. The highest BCUT2D eigenvalue weighted by Crippen LogP contribution is 2.48. The summed E-state index contributed by atoms with van der Waals surface area (Å²) in [7, 11) is 5.31. The molecule has 0 radical (unpaired) electrons. The normalized spacial score (nSPS) is 48.8. The van der Waals surface area contributed by atoms with E-state index in [9.17, 15) is 15.0 Å². The van der Waals surface area contributed by atoms with Crippen molar-refractivity contribution in [1.82, 2.24) is 5.32 Å². The first-order valence-electron chi connectivity index (χ1n) is 23.7. The predicted molar refractivity (Wildman–Crippen MR) is 234 cm³/mol. The van der Waals surface area contributed by atoms with Crippen molar-refractivity contribution >= 4 is 5.97 Å². The topological polar surface area (TPSA) is 162 Å². The first-order chi connectivity index (χ1) is 30.0. The second kappa shape index (κ2) is 20.4. The summed E-state index contributed by atoms with van der Waals surface area (Å²) in [5, 5.41) is 27.1. The molecule has 5 saturated heterocycles. The van der Waals surface area contributed by atoms with Crippen LogP contribution in [0.2, 0.25) is 0 Å². The Bertz CT molecular complexity index is 1700. The van der Waals surface area contributed by atoms with E-state index in [2.05, 4.69) is 46.0 Å². The first kappa shape index (κ1) is 48.9. The Hall–Kier alpha value is -2.05. The number of rotatable bonds is 9.